The second-order valence-electron chi connectivity index (χ2n) is 6.47. The lowest BCUT2D eigenvalue weighted by Crippen LogP contribution is -2.19. The van der Waals surface area contributed by atoms with Crippen LogP contribution in [0, 0.1) is 0 Å². The highest BCUT2D eigenvalue weighted by atomic mass is 35.5. The van der Waals surface area contributed by atoms with Crippen LogP contribution in [0.3, 0.4) is 0 Å². The molecule has 3 rings (SSSR count). The van der Waals surface area contributed by atoms with E-state index in [9.17, 15) is 4.79 Å². The lowest BCUT2D eigenvalue weighted by atomic mass is 10.3. The van der Waals surface area contributed by atoms with Crippen LogP contribution < -0.4 is 4.74 Å². The van der Waals surface area contributed by atoms with Crippen molar-refractivity contribution in [1.29, 1.82) is 0 Å². The van der Waals surface area contributed by atoms with Gasteiger partial charge in [-0.25, -0.2) is 4.98 Å². The summed E-state index contributed by atoms with van der Waals surface area (Å²) in [6.45, 7) is 4.46. The minimum Gasteiger partial charge on any atom is -0.493 e. The van der Waals surface area contributed by atoms with Crippen molar-refractivity contribution in [3.63, 3.8) is 0 Å². The first-order valence-electron chi connectivity index (χ1n) is 9.32. The van der Waals surface area contributed by atoms with Crippen LogP contribution in [-0.2, 0) is 16.1 Å². The number of aromatic nitrogens is 2. The van der Waals surface area contributed by atoms with Gasteiger partial charge < -0.3 is 14.0 Å². The summed E-state index contributed by atoms with van der Waals surface area (Å²) < 4.78 is 13.0. The molecule has 0 saturated heterocycles. The van der Waals surface area contributed by atoms with Gasteiger partial charge in [0, 0.05) is 15.8 Å². The van der Waals surface area contributed by atoms with Crippen LogP contribution in [-0.4, -0.2) is 34.0 Å². The number of imidazole rings is 1. The number of fused-ring (bicyclic) bond motifs is 1. The first-order chi connectivity index (χ1) is 14.0. The summed E-state index contributed by atoms with van der Waals surface area (Å²) in [7, 11) is 0. The molecule has 1 atom stereocenters. The first kappa shape index (κ1) is 21.8. The average Bonchev–Trinajstić information content (AvgIpc) is 3.02. The first-order valence-corrected chi connectivity index (χ1v) is 11.1. The van der Waals surface area contributed by atoms with Crippen LogP contribution >= 0.6 is 35.0 Å². The van der Waals surface area contributed by atoms with Gasteiger partial charge in [0.1, 0.15) is 12.3 Å². The molecule has 0 aliphatic carbocycles. The van der Waals surface area contributed by atoms with Gasteiger partial charge in [-0.1, -0.05) is 41.9 Å². The summed E-state index contributed by atoms with van der Waals surface area (Å²) >= 11 is 13.5. The zero-order chi connectivity index (χ0) is 20.8. The fourth-order valence-corrected chi connectivity index (χ4v) is 3.76. The van der Waals surface area contributed by atoms with Crippen molar-refractivity contribution in [3.8, 4) is 5.75 Å². The Morgan fingerprint density at radius 1 is 1.17 bits per heavy atom. The van der Waals surface area contributed by atoms with Crippen molar-refractivity contribution in [2.45, 2.75) is 38.1 Å². The van der Waals surface area contributed by atoms with Gasteiger partial charge in [0.2, 0.25) is 0 Å². The monoisotopic (exact) mass is 452 g/mol. The van der Waals surface area contributed by atoms with Gasteiger partial charge in [0.15, 0.2) is 5.16 Å². The number of ether oxygens (including phenoxy) is 2. The third-order valence-corrected chi connectivity index (χ3v) is 5.69. The lowest BCUT2D eigenvalue weighted by molar-refractivity contribution is -0.149. The Kier molecular flexibility index (Phi) is 7.70. The number of hydrogen-bond acceptors (Lipinski definition) is 5. The highest BCUT2D eigenvalue weighted by Crippen LogP contribution is 2.27. The molecular weight excluding hydrogens is 431 g/mol. The molecule has 0 amide bonds. The molecule has 0 spiro atoms. The predicted molar refractivity (Wildman–Crippen MR) is 118 cm³/mol. The second-order valence-corrected chi connectivity index (χ2v) is 8.41. The van der Waals surface area contributed by atoms with Crippen molar-refractivity contribution in [1.82, 2.24) is 9.55 Å². The van der Waals surface area contributed by atoms with Gasteiger partial charge in [-0.15, -0.1) is 0 Å². The number of rotatable bonds is 9. The molecule has 2 aromatic carbocycles. The SMILES string of the molecule is CCC(C)OC(=O)Cn1c(SCCOc2ccc(Cl)cc2)nc2cc(Cl)ccc21. The molecule has 1 unspecified atom stereocenters. The largest absolute Gasteiger partial charge is 0.493 e. The molecule has 0 bridgehead atoms. The van der Waals surface area contributed by atoms with Crippen molar-refractivity contribution in [3.05, 3.63) is 52.5 Å². The maximum atomic E-state index is 12.3. The summed E-state index contributed by atoms with van der Waals surface area (Å²) in [4.78, 5) is 17.0. The second kappa shape index (κ2) is 10.2. The average molecular weight is 453 g/mol. The number of nitrogens with zero attached hydrogens (tertiary/aromatic N) is 2. The van der Waals surface area contributed by atoms with E-state index in [1.807, 2.05) is 36.6 Å². The molecular formula is C21H22Cl2N2O3S. The van der Waals surface area contributed by atoms with Crippen LogP contribution in [0.5, 0.6) is 5.75 Å². The Morgan fingerprint density at radius 2 is 1.90 bits per heavy atom. The fraction of sp³-hybridized carbons (Fsp3) is 0.333. The molecule has 3 aromatic rings. The summed E-state index contributed by atoms with van der Waals surface area (Å²) in [5.41, 5.74) is 1.59. The van der Waals surface area contributed by atoms with Crippen molar-refractivity contribution >= 4 is 52.0 Å². The third kappa shape index (κ3) is 6.04. The zero-order valence-electron chi connectivity index (χ0n) is 16.2. The van der Waals surface area contributed by atoms with E-state index in [-0.39, 0.29) is 18.6 Å². The molecule has 29 heavy (non-hydrogen) atoms. The lowest BCUT2D eigenvalue weighted by Gasteiger charge is -2.13. The van der Waals surface area contributed by atoms with Crippen LogP contribution in [0.4, 0.5) is 0 Å². The molecule has 0 radical (unpaired) electrons. The maximum absolute atomic E-state index is 12.3. The highest BCUT2D eigenvalue weighted by Gasteiger charge is 2.16. The molecule has 0 N–H and O–H groups in total. The number of carbonyl (C=O) groups excluding carboxylic acids is 1. The number of benzene rings is 2. The Bertz CT molecular complexity index is 976. The Labute approximate surface area is 184 Å². The minimum atomic E-state index is -0.284. The Hall–Kier alpha value is -1.89. The van der Waals surface area contributed by atoms with Crippen molar-refractivity contribution in [2.75, 3.05) is 12.4 Å². The topological polar surface area (TPSA) is 53.4 Å². The van der Waals surface area contributed by atoms with Crippen LogP contribution in [0.1, 0.15) is 20.3 Å². The number of hydrogen-bond donors (Lipinski definition) is 0. The summed E-state index contributed by atoms with van der Waals surface area (Å²) in [6.07, 6.45) is 0.658. The summed E-state index contributed by atoms with van der Waals surface area (Å²) in [6, 6.07) is 12.7. The molecule has 0 fully saturated rings. The quantitative estimate of drug-likeness (QED) is 0.231. The predicted octanol–water partition coefficient (Wildman–Crippen LogP) is 5.86. The van der Waals surface area contributed by atoms with Gasteiger partial charge in [0.05, 0.1) is 23.7 Å². The standard InChI is InChI=1S/C21H22Cl2N2O3S/c1-3-14(2)28-20(26)13-25-19-9-6-16(23)12-18(19)24-21(25)29-11-10-27-17-7-4-15(22)5-8-17/h4-9,12,14H,3,10-11,13H2,1-2H3. The van der Waals surface area contributed by atoms with E-state index in [1.54, 1.807) is 24.3 Å². The maximum Gasteiger partial charge on any atom is 0.326 e. The molecule has 8 heteroatoms. The van der Waals surface area contributed by atoms with Gasteiger partial charge in [0.25, 0.3) is 0 Å². The zero-order valence-corrected chi connectivity index (χ0v) is 18.6. The Morgan fingerprint density at radius 3 is 2.62 bits per heavy atom. The van der Waals surface area contributed by atoms with E-state index in [4.69, 9.17) is 32.7 Å². The summed E-state index contributed by atoms with van der Waals surface area (Å²) in [5.74, 6) is 1.14. The van der Waals surface area contributed by atoms with E-state index >= 15 is 0 Å². The fourth-order valence-electron chi connectivity index (χ4n) is 2.64. The van der Waals surface area contributed by atoms with Crippen molar-refractivity contribution < 1.29 is 14.3 Å². The molecule has 0 aliphatic heterocycles. The molecule has 154 valence electrons. The van der Waals surface area contributed by atoms with E-state index in [0.717, 1.165) is 28.4 Å². The highest BCUT2D eigenvalue weighted by molar-refractivity contribution is 7.99. The smallest absolute Gasteiger partial charge is 0.326 e. The molecule has 1 heterocycles. The van der Waals surface area contributed by atoms with E-state index in [0.29, 0.717) is 22.4 Å². The molecule has 5 nitrogen and oxygen atoms in total. The normalized spacial score (nSPS) is 12.1. The van der Waals surface area contributed by atoms with Gasteiger partial charge in [-0.05, 0) is 55.8 Å². The van der Waals surface area contributed by atoms with Gasteiger partial charge in [-0.3, -0.25) is 4.79 Å². The number of thioether (sulfide) groups is 1. The van der Waals surface area contributed by atoms with Crippen LogP contribution in [0.15, 0.2) is 47.6 Å². The number of halogens is 2. The molecule has 1 aromatic heterocycles. The Balaban J connectivity index is 1.70. The number of esters is 1. The van der Waals surface area contributed by atoms with Crippen molar-refractivity contribution in [2.24, 2.45) is 0 Å². The number of carbonyl (C=O) groups is 1. The van der Waals surface area contributed by atoms with Crippen LogP contribution in [0.25, 0.3) is 11.0 Å². The van der Waals surface area contributed by atoms with E-state index in [2.05, 4.69) is 4.98 Å². The molecule has 0 aliphatic rings. The van der Waals surface area contributed by atoms with E-state index < -0.39 is 0 Å². The minimum absolute atomic E-state index is 0.100. The van der Waals surface area contributed by atoms with Crippen LogP contribution in [0.2, 0.25) is 10.0 Å². The van der Waals surface area contributed by atoms with Gasteiger partial charge >= 0.3 is 5.97 Å². The summed E-state index contributed by atoms with van der Waals surface area (Å²) in [5, 5.41) is 2.00. The van der Waals surface area contributed by atoms with E-state index in [1.165, 1.54) is 11.8 Å². The van der Waals surface area contributed by atoms with Gasteiger partial charge in [-0.2, -0.15) is 0 Å². The molecule has 0 saturated carbocycles. The third-order valence-electron chi connectivity index (χ3n) is 4.27.